The van der Waals surface area contributed by atoms with E-state index < -0.39 is 0 Å². The summed E-state index contributed by atoms with van der Waals surface area (Å²) >= 11 is 2.05. The van der Waals surface area contributed by atoms with Crippen LogP contribution in [0.3, 0.4) is 0 Å². The highest BCUT2D eigenvalue weighted by molar-refractivity contribution is 7.99. The first-order valence-corrected chi connectivity index (χ1v) is 7.36. The fourth-order valence-electron chi connectivity index (χ4n) is 2.47. The maximum absolute atomic E-state index is 6.18. The summed E-state index contributed by atoms with van der Waals surface area (Å²) in [5.74, 6) is 2.50. The minimum atomic E-state index is 0.0408. The first-order chi connectivity index (χ1) is 7.24. The molecule has 0 aliphatic carbocycles. The van der Waals surface area contributed by atoms with Gasteiger partial charge in [-0.05, 0) is 37.2 Å². The summed E-state index contributed by atoms with van der Waals surface area (Å²) in [7, 11) is 0. The highest BCUT2D eigenvalue weighted by atomic mass is 32.2. The van der Waals surface area contributed by atoms with Crippen LogP contribution in [0.4, 0.5) is 0 Å². The third kappa shape index (κ3) is 2.34. The van der Waals surface area contributed by atoms with Crippen LogP contribution in [-0.2, 0) is 4.74 Å². The molecule has 0 atom stereocenters. The Kier molecular flexibility index (Phi) is 3.63. The molecule has 15 heavy (non-hydrogen) atoms. The molecule has 2 saturated heterocycles. The van der Waals surface area contributed by atoms with Gasteiger partial charge in [0, 0.05) is 12.0 Å². The number of thioether (sulfide) groups is 1. The van der Waals surface area contributed by atoms with Gasteiger partial charge in [0.1, 0.15) is 5.72 Å². The molecule has 0 unspecified atom stereocenters. The van der Waals surface area contributed by atoms with Crippen molar-refractivity contribution in [2.75, 3.05) is 24.7 Å². The van der Waals surface area contributed by atoms with Gasteiger partial charge in [-0.2, -0.15) is 11.8 Å². The van der Waals surface area contributed by atoms with Gasteiger partial charge < -0.3 is 4.74 Å². The molecule has 2 heterocycles. The third-order valence-electron chi connectivity index (χ3n) is 4.24. The second-order valence-electron chi connectivity index (χ2n) is 4.96. The smallest absolute Gasteiger partial charge is 0.120 e. The van der Waals surface area contributed by atoms with Crippen molar-refractivity contribution in [2.45, 2.75) is 45.3 Å². The standard InChI is InChI=1S/C12H23NOS/c1-3-11(4-2)9-13-12(14-10-11)5-7-15-8-6-12/h13H,3-10H2,1-2H3. The Balaban J connectivity index is 1.95. The summed E-state index contributed by atoms with van der Waals surface area (Å²) < 4.78 is 6.18. The topological polar surface area (TPSA) is 21.3 Å². The van der Waals surface area contributed by atoms with Crippen molar-refractivity contribution in [3.8, 4) is 0 Å². The van der Waals surface area contributed by atoms with Crippen LogP contribution in [0.1, 0.15) is 39.5 Å². The van der Waals surface area contributed by atoms with E-state index in [1.54, 1.807) is 0 Å². The molecule has 0 aromatic heterocycles. The van der Waals surface area contributed by atoms with Crippen molar-refractivity contribution >= 4 is 11.8 Å². The molecule has 2 nitrogen and oxygen atoms in total. The molecule has 1 spiro atoms. The van der Waals surface area contributed by atoms with Gasteiger partial charge >= 0.3 is 0 Å². The number of nitrogens with one attached hydrogen (secondary N) is 1. The average molecular weight is 229 g/mol. The fraction of sp³-hybridized carbons (Fsp3) is 1.00. The molecular formula is C12H23NOS. The van der Waals surface area contributed by atoms with Crippen molar-refractivity contribution in [3.05, 3.63) is 0 Å². The fourth-order valence-corrected chi connectivity index (χ4v) is 3.62. The molecule has 88 valence electrons. The summed E-state index contributed by atoms with van der Waals surface area (Å²) in [6.07, 6.45) is 4.81. The van der Waals surface area contributed by atoms with E-state index in [2.05, 4.69) is 30.9 Å². The van der Waals surface area contributed by atoms with Crippen LogP contribution in [0.25, 0.3) is 0 Å². The molecule has 0 saturated carbocycles. The lowest BCUT2D eigenvalue weighted by Gasteiger charge is -2.48. The second-order valence-corrected chi connectivity index (χ2v) is 6.18. The van der Waals surface area contributed by atoms with Gasteiger partial charge in [0.25, 0.3) is 0 Å². The zero-order chi connectivity index (χ0) is 10.8. The first-order valence-electron chi connectivity index (χ1n) is 6.21. The number of hydrogen-bond acceptors (Lipinski definition) is 3. The molecule has 2 fully saturated rings. The van der Waals surface area contributed by atoms with E-state index in [1.807, 2.05) is 0 Å². The minimum absolute atomic E-state index is 0.0408. The Morgan fingerprint density at radius 3 is 2.33 bits per heavy atom. The quantitative estimate of drug-likeness (QED) is 0.786. The van der Waals surface area contributed by atoms with Crippen LogP contribution >= 0.6 is 11.8 Å². The Bertz CT molecular complexity index is 198. The van der Waals surface area contributed by atoms with Crippen molar-refractivity contribution in [1.29, 1.82) is 0 Å². The van der Waals surface area contributed by atoms with Gasteiger partial charge in [0.15, 0.2) is 0 Å². The van der Waals surface area contributed by atoms with E-state index >= 15 is 0 Å². The van der Waals surface area contributed by atoms with Gasteiger partial charge in [0.05, 0.1) is 6.61 Å². The monoisotopic (exact) mass is 229 g/mol. The van der Waals surface area contributed by atoms with Crippen molar-refractivity contribution < 1.29 is 4.74 Å². The number of hydrogen-bond donors (Lipinski definition) is 1. The van der Waals surface area contributed by atoms with Crippen LogP contribution in [-0.4, -0.2) is 30.4 Å². The highest BCUT2D eigenvalue weighted by Gasteiger charge is 2.42. The van der Waals surface area contributed by atoms with E-state index in [9.17, 15) is 0 Å². The van der Waals surface area contributed by atoms with Gasteiger partial charge in [-0.25, -0.2) is 0 Å². The van der Waals surface area contributed by atoms with Crippen LogP contribution in [0.2, 0.25) is 0 Å². The van der Waals surface area contributed by atoms with E-state index in [0.717, 1.165) is 13.2 Å². The lowest BCUT2D eigenvalue weighted by molar-refractivity contribution is -0.151. The highest BCUT2D eigenvalue weighted by Crippen LogP contribution is 2.37. The molecule has 0 radical (unpaired) electrons. The molecule has 2 rings (SSSR count). The molecule has 0 amide bonds. The van der Waals surface area contributed by atoms with Crippen LogP contribution < -0.4 is 5.32 Å². The summed E-state index contributed by atoms with van der Waals surface area (Å²) in [5.41, 5.74) is 0.439. The van der Waals surface area contributed by atoms with Crippen molar-refractivity contribution in [1.82, 2.24) is 5.32 Å². The molecular weight excluding hydrogens is 206 g/mol. The molecule has 0 aromatic carbocycles. The maximum Gasteiger partial charge on any atom is 0.120 e. The second kappa shape index (κ2) is 4.64. The minimum Gasteiger partial charge on any atom is -0.360 e. The Labute approximate surface area is 97.5 Å². The van der Waals surface area contributed by atoms with E-state index in [0.29, 0.717) is 5.41 Å². The van der Waals surface area contributed by atoms with Crippen LogP contribution in [0, 0.1) is 5.41 Å². The SMILES string of the molecule is CCC1(CC)CNC2(CCSCC2)OC1. The summed E-state index contributed by atoms with van der Waals surface area (Å²) in [6.45, 7) is 6.66. The molecule has 3 heteroatoms. The van der Waals surface area contributed by atoms with Gasteiger partial charge in [0.2, 0.25) is 0 Å². The molecule has 1 N–H and O–H groups in total. The predicted octanol–water partition coefficient (Wildman–Crippen LogP) is 2.64. The normalized spacial score (nSPS) is 29.2. The first kappa shape index (κ1) is 11.7. The van der Waals surface area contributed by atoms with E-state index in [-0.39, 0.29) is 5.72 Å². The Morgan fingerprint density at radius 1 is 1.20 bits per heavy atom. The van der Waals surface area contributed by atoms with Crippen molar-refractivity contribution in [3.63, 3.8) is 0 Å². The molecule has 0 aromatic rings. The molecule has 2 aliphatic heterocycles. The van der Waals surface area contributed by atoms with Gasteiger partial charge in [-0.1, -0.05) is 13.8 Å². The lowest BCUT2D eigenvalue weighted by atomic mass is 9.81. The zero-order valence-corrected chi connectivity index (χ0v) is 10.8. The average Bonchev–Trinajstić information content (AvgIpc) is 2.32. The van der Waals surface area contributed by atoms with Crippen molar-refractivity contribution in [2.24, 2.45) is 5.41 Å². The van der Waals surface area contributed by atoms with E-state index in [4.69, 9.17) is 4.74 Å². The number of rotatable bonds is 2. The number of ether oxygens (including phenoxy) is 1. The zero-order valence-electron chi connectivity index (χ0n) is 9.97. The Morgan fingerprint density at radius 2 is 1.87 bits per heavy atom. The van der Waals surface area contributed by atoms with Crippen LogP contribution in [0.15, 0.2) is 0 Å². The van der Waals surface area contributed by atoms with Gasteiger partial charge in [-0.15, -0.1) is 0 Å². The molecule has 0 bridgehead atoms. The third-order valence-corrected chi connectivity index (χ3v) is 5.23. The Hall–Kier alpha value is 0.270. The van der Waals surface area contributed by atoms with Gasteiger partial charge in [-0.3, -0.25) is 5.32 Å². The largest absolute Gasteiger partial charge is 0.360 e. The predicted molar refractivity (Wildman–Crippen MR) is 66.3 cm³/mol. The summed E-state index contributed by atoms with van der Waals surface area (Å²) in [5, 5.41) is 3.69. The summed E-state index contributed by atoms with van der Waals surface area (Å²) in [4.78, 5) is 0. The summed E-state index contributed by atoms with van der Waals surface area (Å²) in [6, 6.07) is 0. The molecule has 2 aliphatic rings. The van der Waals surface area contributed by atoms with Crippen LogP contribution in [0.5, 0.6) is 0 Å². The lowest BCUT2D eigenvalue weighted by Crippen LogP contribution is -2.60. The van der Waals surface area contributed by atoms with E-state index in [1.165, 1.54) is 37.2 Å². The maximum atomic E-state index is 6.18.